The van der Waals surface area contributed by atoms with E-state index < -0.39 is 0 Å². The van der Waals surface area contributed by atoms with Crippen molar-refractivity contribution < 1.29 is 4.79 Å². The summed E-state index contributed by atoms with van der Waals surface area (Å²) < 4.78 is 0. The van der Waals surface area contributed by atoms with Crippen LogP contribution in [0.4, 0.5) is 0 Å². The van der Waals surface area contributed by atoms with Gasteiger partial charge in [-0.15, -0.1) is 0 Å². The summed E-state index contributed by atoms with van der Waals surface area (Å²) in [5, 5.41) is 0. The lowest BCUT2D eigenvalue weighted by molar-refractivity contribution is -0.148. The first-order valence-corrected chi connectivity index (χ1v) is 9.48. The molecule has 1 saturated carbocycles. The largest absolute Gasteiger partial charge is 0.342 e. The molecule has 0 bridgehead atoms. The minimum absolute atomic E-state index is 0.334. The molecule has 3 aliphatic rings. The standard InChI is InChI=1S/C19H34N2O/c1-13(2)15-5-7-20(8-6-15)18-9-16(10-18)19(22)21-11-17(12-21)14(3)4/h13-18H,5-12H2,1-4H3. The lowest BCUT2D eigenvalue weighted by atomic mass is 9.75. The van der Waals surface area contributed by atoms with E-state index in [4.69, 9.17) is 0 Å². The molecule has 3 fully saturated rings. The van der Waals surface area contributed by atoms with Crippen molar-refractivity contribution in [1.82, 2.24) is 9.80 Å². The van der Waals surface area contributed by atoms with Gasteiger partial charge in [-0.1, -0.05) is 27.7 Å². The second-order valence-corrected chi connectivity index (χ2v) is 8.69. The Morgan fingerprint density at radius 1 is 0.909 bits per heavy atom. The first-order valence-electron chi connectivity index (χ1n) is 9.48. The average Bonchev–Trinajstić information content (AvgIpc) is 2.35. The third-order valence-corrected chi connectivity index (χ3v) is 6.66. The molecule has 3 heteroatoms. The summed E-state index contributed by atoms with van der Waals surface area (Å²) in [7, 11) is 0. The highest BCUT2D eigenvalue weighted by atomic mass is 16.2. The van der Waals surface area contributed by atoms with Gasteiger partial charge in [0.2, 0.25) is 5.91 Å². The fourth-order valence-electron chi connectivity index (χ4n) is 4.41. The first kappa shape index (κ1) is 16.3. The second kappa shape index (κ2) is 6.51. The van der Waals surface area contributed by atoms with E-state index in [9.17, 15) is 4.79 Å². The fraction of sp³-hybridized carbons (Fsp3) is 0.947. The van der Waals surface area contributed by atoms with E-state index in [2.05, 4.69) is 37.5 Å². The normalized spacial score (nSPS) is 31.5. The third kappa shape index (κ3) is 3.20. The zero-order valence-electron chi connectivity index (χ0n) is 14.9. The molecule has 0 atom stereocenters. The highest BCUT2D eigenvalue weighted by Gasteiger charge is 2.43. The highest BCUT2D eigenvalue weighted by molar-refractivity contribution is 5.80. The maximum absolute atomic E-state index is 12.5. The Hall–Kier alpha value is -0.570. The number of amides is 1. The number of piperidine rings is 1. The fourth-order valence-corrected chi connectivity index (χ4v) is 4.41. The zero-order valence-corrected chi connectivity index (χ0v) is 14.9. The van der Waals surface area contributed by atoms with E-state index >= 15 is 0 Å². The predicted octanol–water partition coefficient (Wildman–Crippen LogP) is 3.25. The molecule has 2 aliphatic heterocycles. The van der Waals surface area contributed by atoms with Crippen LogP contribution in [0.2, 0.25) is 0 Å². The van der Waals surface area contributed by atoms with Gasteiger partial charge in [0.1, 0.15) is 0 Å². The minimum atomic E-state index is 0.334. The van der Waals surface area contributed by atoms with Crippen molar-refractivity contribution in [3.63, 3.8) is 0 Å². The summed E-state index contributed by atoms with van der Waals surface area (Å²) >= 11 is 0. The minimum Gasteiger partial charge on any atom is -0.342 e. The lowest BCUT2D eigenvalue weighted by Gasteiger charge is -2.49. The Morgan fingerprint density at radius 2 is 1.45 bits per heavy atom. The molecule has 0 N–H and O–H groups in total. The Balaban J connectivity index is 1.37. The molecule has 22 heavy (non-hydrogen) atoms. The molecule has 0 radical (unpaired) electrons. The van der Waals surface area contributed by atoms with E-state index in [-0.39, 0.29) is 0 Å². The molecule has 1 amide bonds. The van der Waals surface area contributed by atoms with Gasteiger partial charge in [-0.3, -0.25) is 4.79 Å². The van der Waals surface area contributed by atoms with Gasteiger partial charge in [0.25, 0.3) is 0 Å². The van der Waals surface area contributed by atoms with Crippen LogP contribution in [0.3, 0.4) is 0 Å². The molecule has 3 nitrogen and oxygen atoms in total. The molecule has 0 aromatic heterocycles. The third-order valence-electron chi connectivity index (χ3n) is 6.66. The van der Waals surface area contributed by atoms with Crippen LogP contribution < -0.4 is 0 Å². The molecule has 1 aliphatic carbocycles. The van der Waals surface area contributed by atoms with E-state index in [1.165, 1.54) is 25.9 Å². The molecule has 126 valence electrons. The second-order valence-electron chi connectivity index (χ2n) is 8.69. The molecule has 0 spiro atoms. The summed E-state index contributed by atoms with van der Waals surface area (Å²) in [6.45, 7) is 13.8. The van der Waals surface area contributed by atoms with E-state index in [0.717, 1.165) is 49.6 Å². The Labute approximate surface area is 136 Å². The number of hydrogen-bond acceptors (Lipinski definition) is 2. The Bertz CT molecular complexity index is 386. The summed E-state index contributed by atoms with van der Waals surface area (Å²) in [6, 6.07) is 0.698. The van der Waals surface area contributed by atoms with E-state index in [1.807, 2.05) is 0 Å². The summed E-state index contributed by atoms with van der Waals surface area (Å²) in [6.07, 6.45) is 4.95. The Morgan fingerprint density at radius 3 is 1.95 bits per heavy atom. The topological polar surface area (TPSA) is 23.6 Å². The van der Waals surface area contributed by atoms with E-state index in [0.29, 0.717) is 17.9 Å². The predicted molar refractivity (Wildman–Crippen MR) is 90.6 cm³/mol. The van der Waals surface area contributed by atoms with Crippen LogP contribution >= 0.6 is 0 Å². The van der Waals surface area contributed by atoms with Crippen molar-refractivity contribution in [1.29, 1.82) is 0 Å². The number of nitrogens with zero attached hydrogens (tertiary/aromatic N) is 2. The number of carbonyl (C=O) groups is 1. The molecular formula is C19H34N2O. The van der Waals surface area contributed by atoms with Gasteiger partial charge in [-0.05, 0) is 62.4 Å². The maximum atomic E-state index is 12.5. The SMILES string of the molecule is CC(C)C1CCN(C2CC(C(=O)N3CC(C(C)C)C3)C2)CC1. The van der Waals surface area contributed by atoms with Gasteiger partial charge in [-0.2, -0.15) is 0 Å². The van der Waals surface area contributed by atoms with Gasteiger partial charge in [0, 0.05) is 25.0 Å². The summed E-state index contributed by atoms with van der Waals surface area (Å²) in [5.41, 5.74) is 0. The quantitative estimate of drug-likeness (QED) is 0.796. The smallest absolute Gasteiger partial charge is 0.225 e. The van der Waals surface area contributed by atoms with Crippen molar-refractivity contribution in [3.8, 4) is 0 Å². The lowest BCUT2D eigenvalue weighted by Crippen LogP contribution is -2.58. The van der Waals surface area contributed by atoms with Gasteiger partial charge in [0.05, 0.1) is 0 Å². The van der Waals surface area contributed by atoms with Crippen molar-refractivity contribution in [2.24, 2.45) is 29.6 Å². The Kier molecular flexibility index (Phi) is 4.82. The van der Waals surface area contributed by atoms with Crippen LogP contribution in [-0.2, 0) is 4.79 Å². The van der Waals surface area contributed by atoms with Gasteiger partial charge < -0.3 is 9.80 Å². The molecule has 0 aromatic carbocycles. The number of hydrogen-bond donors (Lipinski definition) is 0. The van der Waals surface area contributed by atoms with Gasteiger partial charge in [-0.25, -0.2) is 0 Å². The molecular weight excluding hydrogens is 272 g/mol. The van der Waals surface area contributed by atoms with Gasteiger partial charge >= 0.3 is 0 Å². The molecule has 3 rings (SSSR count). The zero-order chi connectivity index (χ0) is 15.9. The average molecular weight is 306 g/mol. The maximum Gasteiger partial charge on any atom is 0.225 e. The number of likely N-dealkylation sites (tertiary alicyclic amines) is 2. The van der Waals surface area contributed by atoms with Crippen LogP contribution in [0.25, 0.3) is 0 Å². The van der Waals surface area contributed by atoms with Crippen LogP contribution in [0.15, 0.2) is 0 Å². The van der Waals surface area contributed by atoms with Crippen molar-refractivity contribution in [2.75, 3.05) is 26.2 Å². The van der Waals surface area contributed by atoms with Crippen molar-refractivity contribution in [3.05, 3.63) is 0 Å². The van der Waals surface area contributed by atoms with E-state index in [1.54, 1.807) is 0 Å². The summed E-state index contributed by atoms with van der Waals surface area (Å²) in [5.74, 6) is 4.00. The molecule has 0 aromatic rings. The molecule has 2 heterocycles. The molecule has 0 unspecified atom stereocenters. The molecule has 2 saturated heterocycles. The first-order chi connectivity index (χ1) is 10.5. The van der Waals surface area contributed by atoms with Crippen molar-refractivity contribution >= 4 is 5.91 Å². The number of carbonyl (C=O) groups excluding carboxylic acids is 1. The summed E-state index contributed by atoms with van der Waals surface area (Å²) in [4.78, 5) is 17.2. The van der Waals surface area contributed by atoms with Crippen LogP contribution in [0.5, 0.6) is 0 Å². The van der Waals surface area contributed by atoms with Crippen LogP contribution in [-0.4, -0.2) is 47.9 Å². The van der Waals surface area contributed by atoms with Crippen LogP contribution in [0.1, 0.15) is 53.4 Å². The van der Waals surface area contributed by atoms with Crippen molar-refractivity contribution in [2.45, 2.75) is 59.4 Å². The van der Waals surface area contributed by atoms with Crippen LogP contribution in [0, 0.1) is 29.6 Å². The van der Waals surface area contributed by atoms with Gasteiger partial charge in [0.15, 0.2) is 0 Å². The number of rotatable bonds is 4. The monoisotopic (exact) mass is 306 g/mol. The highest BCUT2D eigenvalue weighted by Crippen LogP contribution is 2.38.